The zero-order chi connectivity index (χ0) is 13.0. The van der Waals surface area contributed by atoms with Gasteiger partial charge in [-0.25, -0.2) is 4.98 Å². The van der Waals surface area contributed by atoms with Crippen molar-refractivity contribution in [3.05, 3.63) is 23.9 Å². The van der Waals surface area contributed by atoms with Gasteiger partial charge in [0, 0.05) is 25.3 Å². The van der Waals surface area contributed by atoms with E-state index in [-0.39, 0.29) is 6.04 Å². The van der Waals surface area contributed by atoms with Gasteiger partial charge in [0.2, 0.25) is 0 Å². The maximum absolute atomic E-state index is 5.89. The van der Waals surface area contributed by atoms with Crippen molar-refractivity contribution < 1.29 is 0 Å². The normalized spacial score (nSPS) is 14.8. The Kier molecular flexibility index (Phi) is 4.94. The van der Waals surface area contributed by atoms with E-state index in [1.807, 2.05) is 19.2 Å². The van der Waals surface area contributed by atoms with Crippen LogP contribution in [0.4, 0.5) is 5.82 Å². The van der Waals surface area contributed by atoms with Crippen LogP contribution in [-0.4, -0.2) is 18.1 Å². The van der Waals surface area contributed by atoms with Crippen LogP contribution in [0, 0.1) is 5.92 Å². The van der Waals surface area contributed by atoms with Gasteiger partial charge in [-0.2, -0.15) is 0 Å². The number of anilines is 1. The lowest BCUT2D eigenvalue weighted by molar-refractivity contribution is 0.502. The molecule has 0 spiro atoms. The first kappa shape index (κ1) is 14.0. The average Bonchev–Trinajstić information content (AvgIpc) is 2.27. The first-order chi connectivity index (χ1) is 7.91. The highest BCUT2D eigenvalue weighted by Gasteiger charge is 2.13. The fourth-order valence-electron chi connectivity index (χ4n) is 1.98. The van der Waals surface area contributed by atoms with Gasteiger partial charge in [-0.3, -0.25) is 0 Å². The van der Waals surface area contributed by atoms with Crippen LogP contribution in [-0.2, 0) is 0 Å². The van der Waals surface area contributed by atoms with Crippen molar-refractivity contribution in [3.8, 4) is 0 Å². The largest absolute Gasteiger partial charge is 0.357 e. The molecule has 1 heterocycles. The molecule has 0 saturated heterocycles. The maximum Gasteiger partial charge on any atom is 0.128 e. The third-order valence-electron chi connectivity index (χ3n) is 3.13. The topological polar surface area (TPSA) is 42.1 Å². The second kappa shape index (κ2) is 6.01. The second-order valence-electron chi connectivity index (χ2n) is 5.33. The first-order valence-corrected chi connectivity index (χ1v) is 6.36. The monoisotopic (exact) mass is 235 g/mol. The quantitative estimate of drug-likeness (QED) is 0.853. The fraction of sp³-hybridized carbons (Fsp3) is 0.643. The van der Waals surface area contributed by atoms with E-state index in [1.165, 1.54) is 6.42 Å². The minimum absolute atomic E-state index is 0.0607. The van der Waals surface area contributed by atoms with E-state index in [0.29, 0.717) is 12.0 Å². The third-order valence-corrected chi connectivity index (χ3v) is 3.13. The third kappa shape index (κ3) is 4.00. The van der Waals surface area contributed by atoms with E-state index in [1.54, 1.807) is 0 Å². The Morgan fingerprint density at radius 3 is 2.47 bits per heavy atom. The van der Waals surface area contributed by atoms with Crippen molar-refractivity contribution in [1.82, 2.24) is 4.98 Å². The molecule has 0 aliphatic heterocycles. The summed E-state index contributed by atoms with van der Waals surface area (Å²) in [5, 5.41) is 0. The smallest absolute Gasteiger partial charge is 0.128 e. The second-order valence-corrected chi connectivity index (χ2v) is 5.33. The minimum Gasteiger partial charge on any atom is -0.357 e. The molecular weight excluding hydrogens is 210 g/mol. The molecule has 3 nitrogen and oxygen atoms in total. The summed E-state index contributed by atoms with van der Waals surface area (Å²) in [5.41, 5.74) is 7.03. The van der Waals surface area contributed by atoms with Gasteiger partial charge in [-0.15, -0.1) is 0 Å². The van der Waals surface area contributed by atoms with Crippen LogP contribution in [0.2, 0.25) is 0 Å². The summed E-state index contributed by atoms with van der Waals surface area (Å²) in [5.74, 6) is 1.71. The molecular formula is C14H25N3. The van der Waals surface area contributed by atoms with Crippen molar-refractivity contribution >= 4 is 5.82 Å². The lowest BCUT2D eigenvalue weighted by Gasteiger charge is -2.27. The average molecular weight is 235 g/mol. The van der Waals surface area contributed by atoms with Crippen LogP contribution in [0.1, 0.15) is 45.7 Å². The van der Waals surface area contributed by atoms with E-state index in [9.17, 15) is 0 Å². The standard InChI is InChI=1S/C14H25N3/c1-10(2)8-11(3)17(5)14-9-13(12(4)15)6-7-16-14/h6-7,9-12H,8,15H2,1-5H3/t11?,12-/m0/s1. The van der Waals surface area contributed by atoms with Crippen LogP contribution in [0.15, 0.2) is 18.3 Å². The van der Waals surface area contributed by atoms with Gasteiger partial charge in [-0.1, -0.05) is 13.8 Å². The highest BCUT2D eigenvalue weighted by molar-refractivity contribution is 5.41. The minimum atomic E-state index is 0.0607. The number of pyridine rings is 1. The highest BCUT2D eigenvalue weighted by atomic mass is 15.2. The molecule has 0 amide bonds. The first-order valence-electron chi connectivity index (χ1n) is 6.36. The van der Waals surface area contributed by atoms with Crippen LogP contribution in [0.25, 0.3) is 0 Å². The summed E-state index contributed by atoms with van der Waals surface area (Å²) < 4.78 is 0. The molecule has 1 unspecified atom stereocenters. The Morgan fingerprint density at radius 1 is 1.29 bits per heavy atom. The van der Waals surface area contributed by atoms with Gasteiger partial charge in [0.25, 0.3) is 0 Å². The Morgan fingerprint density at radius 2 is 1.94 bits per heavy atom. The van der Waals surface area contributed by atoms with Crippen LogP contribution in [0.3, 0.4) is 0 Å². The van der Waals surface area contributed by atoms with Crippen LogP contribution in [0.5, 0.6) is 0 Å². The van der Waals surface area contributed by atoms with Crippen molar-refractivity contribution in [3.63, 3.8) is 0 Å². The number of rotatable bonds is 5. The van der Waals surface area contributed by atoms with Crippen molar-refractivity contribution in [2.24, 2.45) is 11.7 Å². The Hall–Kier alpha value is -1.09. The van der Waals surface area contributed by atoms with E-state index >= 15 is 0 Å². The lowest BCUT2D eigenvalue weighted by Crippen LogP contribution is -2.30. The molecule has 0 saturated carbocycles. The van der Waals surface area contributed by atoms with Gasteiger partial charge in [0.05, 0.1) is 0 Å². The van der Waals surface area contributed by atoms with Crippen LogP contribution >= 0.6 is 0 Å². The molecule has 0 aliphatic rings. The Bertz CT molecular complexity index is 347. The molecule has 1 aromatic heterocycles. The van der Waals surface area contributed by atoms with Crippen molar-refractivity contribution in [1.29, 1.82) is 0 Å². The molecule has 1 aromatic rings. The molecule has 3 heteroatoms. The molecule has 0 aromatic carbocycles. The van der Waals surface area contributed by atoms with Gasteiger partial charge < -0.3 is 10.6 Å². The summed E-state index contributed by atoms with van der Waals surface area (Å²) in [6.45, 7) is 8.73. The number of hydrogen-bond donors (Lipinski definition) is 1. The predicted octanol–water partition coefficient (Wildman–Crippen LogP) is 2.97. The van der Waals surface area contributed by atoms with Gasteiger partial charge in [0.1, 0.15) is 5.82 Å². The number of aromatic nitrogens is 1. The molecule has 2 N–H and O–H groups in total. The SMILES string of the molecule is CC(C)CC(C)N(C)c1cc([C@H](C)N)ccn1. The molecule has 2 atom stereocenters. The zero-order valence-corrected chi connectivity index (χ0v) is 11.6. The summed E-state index contributed by atoms with van der Waals surface area (Å²) in [6, 6.07) is 4.62. The van der Waals surface area contributed by atoms with Crippen molar-refractivity contribution in [2.45, 2.75) is 46.2 Å². The van der Waals surface area contributed by atoms with E-state index in [2.05, 4.69) is 43.8 Å². The lowest BCUT2D eigenvalue weighted by atomic mass is 10.0. The van der Waals surface area contributed by atoms with Gasteiger partial charge in [0.15, 0.2) is 0 Å². The van der Waals surface area contributed by atoms with Gasteiger partial charge in [-0.05, 0) is 43.9 Å². The Labute approximate surface area is 105 Å². The van der Waals surface area contributed by atoms with E-state index < -0.39 is 0 Å². The maximum atomic E-state index is 5.89. The number of hydrogen-bond acceptors (Lipinski definition) is 3. The molecule has 17 heavy (non-hydrogen) atoms. The summed E-state index contributed by atoms with van der Waals surface area (Å²) in [7, 11) is 2.10. The number of nitrogens with two attached hydrogens (primary N) is 1. The van der Waals surface area contributed by atoms with Crippen molar-refractivity contribution in [2.75, 3.05) is 11.9 Å². The Balaban J connectivity index is 2.81. The summed E-state index contributed by atoms with van der Waals surface area (Å²) >= 11 is 0. The molecule has 1 rings (SSSR count). The zero-order valence-electron chi connectivity index (χ0n) is 11.6. The molecule has 0 radical (unpaired) electrons. The summed E-state index contributed by atoms with van der Waals surface area (Å²) in [4.78, 5) is 6.65. The molecule has 96 valence electrons. The van der Waals surface area contributed by atoms with Gasteiger partial charge >= 0.3 is 0 Å². The molecule has 0 aliphatic carbocycles. The number of nitrogens with zero attached hydrogens (tertiary/aromatic N) is 2. The van der Waals surface area contributed by atoms with Crippen LogP contribution < -0.4 is 10.6 Å². The molecule has 0 bridgehead atoms. The van der Waals surface area contributed by atoms with E-state index in [0.717, 1.165) is 11.4 Å². The van der Waals surface area contributed by atoms with E-state index in [4.69, 9.17) is 5.73 Å². The fourth-order valence-corrected chi connectivity index (χ4v) is 1.98. The highest BCUT2D eigenvalue weighted by Crippen LogP contribution is 2.19. The summed E-state index contributed by atoms with van der Waals surface area (Å²) in [6.07, 6.45) is 3.01. The molecule has 0 fully saturated rings. The predicted molar refractivity (Wildman–Crippen MR) is 74.2 cm³/mol.